The molecule has 6 heteroatoms. The van der Waals surface area contributed by atoms with Gasteiger partial charge in [0.15, 0.2) is 5.76 Å². The Labute approximate surface area is 134 Å². The molecule has 1 aromatic carbocycles. The van der Waals surface area contributed by atoms with Gasteiger partial charge >= 0.3 is 0 Å². The minimum Gasteiger partial charge on any atom is -0.459 e. The molecule has 0 radical (unpaired) electrons. The summed E-state index contributed by atoms with van der Waals surface area (Å²) in [6.07, 6.45) is 3.67. The number of amides is 2. The van der Waals surface area contributed by atoms with Gasteiger partial charge in [-0.1, -0.05) is 6.07 Å². The van der Waals surface area contributed by atoms with Gasteiger partial charge < -0.3 is 20.4 Å². The Balaban J connectivity index is 1.60. The minimum atomic E-state index is -0.345. The van der Waals surface area contributed by atoms with Gasteiger partial charge in [0.1, 0.15) is 0 Å². The standard InChI is InChI=1S/C17H19N3O3/c21-16(19-11-14-6-2-8-18-14)12-4-1-5-13(10-12)20-17(22)15-7-3-9-23-15/h1,3-5,7,9-10,14,18H,2,6,8,11H2,(H,19,21)(H,20,22). The number of furan rings is 1. The van der Waals surface area contributed by atoms with Crippen molar-refractivity contribution >= 4 is 17.5 Å². The van der Waals surface area contributed by atoms with Crippen molar-refractivity contribution in [3.05, 3.63) is 54.0 Å². The second-order valence-electron chi connectivity index (χ2n) is 5.52. The fourth-order valence-electron chi connectivity index (χ4n) is 2.59. The summed E-state index contributed by atoms with van der Waals surface area (Å²) < 4.78 is 5.04. The Bertz CT molecular complexity index is 676. The Kier molecular flexibility index (Phi) is 4.73. The van der Waals surface area contributed by atoms with Gasteiger partial charge in [0.25, 0.3) is 11.8 Å². The summed E-state index contributed by atoms with van der Waals surface area (Å²) in [5.74, 6) is -0.261. The van der Waals surface area contributed by atoms with Crippen molar-refractivity contribution in [3.8, 4) is 0 Å². The molecule has 6 nitrogen and oxygen atoms in total. The van der Waals surface area contributed by atoms with Gasteiger partial charge in [0.05, 0.1) is 6.26 Å². The first kappa shape index (κ1) is 15.3. The number of carbonyl (C=O) groups excluding carboxylic acids is 2. The molecule has 2 aromatic rings. The van der Waals surface area contributed by atoms with Gasteiger partial charge in [-0.05, 0) is 49.7 Å². The van der Waals surface area contributed by atoms with E-state index in [1.165, 1.54) is 6.26 Å². The highest BCUT2D eigenvalue weighted by Crippen LogP contribution is 2.13. The lowest BCUT2D eigenvalue weighted by molar-refractivity contribution is 0.0948. The maximum Gasteiger partial charge on any atom is 0.291 e. The first-order valence-corrected chi connectivity index (χ1v) is 7.69. The van der Waals surface area contributed by atoms with Crippen LogP contribution in [0.3, 0.4) is 0 Å². The Hall–Kier alpha value is -2.60. The van der Waals surface area contributed by atoms with Crippen molar-refractivity contribution in [2.75, 3.05) is 18.4 Å². The molecule has 23 heavy (non-hydrogen) atoms. The summed E-state index contributed by atoms with van der Waals surface area (Å²) in [5.41, 5.74) is 1.07. The largest absolute Gasteiger partial charge is 0.459 e. The van der Waals surface area contributed by atoms with E-state index in [1.807, 2.05) is 0 Å². The van der Waals surface area contributed by atoms with Crippen LogP contribution in [-0.4, -0.2) is 30.9 Å². The number of hydrogen-bond acceptors (Lipinski definition) is 4. The van der Waals surface area contributed by atoms with Crippen LogP contribution in [-0.2, 0) is 0 Å². The highest BCUT2D eigenvalue weighted by Gasteiger charge is 2.16. The van der Waals surface area contributed by atoms with Gasteiger partial charge in [-0.2, -0.15) is 0 Å². The number of rotatable bonds is 5. The van der Waals surface area contributed by atoms with Gasteiger partial charge in [0.2, 0.25) is 0 Å². The van der Waals surface area contributed by atoms with Crippen molar-refractivity contribution in [2.45, 2.75) is 18.9 Å². The predicted octanol–water partition coefficient (Wildman–Crippen LogP) is 2.01. The topological polar surface area (TPSA) is 83.4 Å². The summed E-state index contributed by atoms with van der Waals surface area (Å²) in [5, 5.41) is 8.96. The highest BCUT2D eigenvalue weighted by atomic mass is 16.3. The summed E-state index contributed by atoms with van der Waals surface area (Å²) >= 11 is 0. The molecule has 1 saturated heterocycles. The van der Waals surface area contributed by atoms with E-state index in [2.05, 4.69) is 16.0 Å². The third kappa shape index (κ3) is 3.98. The number of nitrogens with one attached hydrogen (secondary N) is 3. The number of carbonyl (C=O) groups is 2. The van der Waals surface area contributed by atoms with Crippen molar-refractivity contribution in [1.29, 1.82) is 0 Å². The molecular formula is C17H19N3O3. The van der Waals surface area contributed by atoms with Gasteiger partial charge in [-0.15, -0.1) is 0 Å². The van der Waals surface area contributed by atoms with E-state index in [-0.39, 0.29) is 17.6 Å². The molecule has 0 bridgehead atoms. The third-order valence-electron chi connectivity index (χ3n) is 3.80. The molecule has 1 aliphatic heterocycles. The normalized spacial score (nSPS) is 17.0. The van der Waals surface area contributed by atoms with Crippen LogP contribution in [0, 0.1) is 0 Å². The first-order chi connectivity index (χ1) is 11.2. The zero-order valence-electron chi connectivity index (χ0n) is 12.7. The quantitative estimate of drug-likeness (QED) is 0.788. The maximum atomic E-state index is 12.2. The van der Waals surface area contributed by atoms with E-state index in [0.717, 1.165) is 19.4 Å². The van der Waals surface area contributed by atoms with E-state index in [0.29, 0.717) is 23.8 Å². The van der Waals surface area contributed by atoms with Gasteiger partial charge in [-0.25, -0.2) is 0 Å². The van der Waals surface area contributed by atoms with Crippen LogP contribution >= 0.6 is 0 Å². The molecule has 0 saturated carbocycles. The van der Waals surface area contributed by atoms with Crippen LogP contribution in [0.5, 0.6) is 0 Å². The highest BCUT2D eigenvalue weighted by molar-refractivity contribution is 6.03. The van der Waals surface area contributed by atoms with E-state index in [9.17, 15) is 9.59 Å². The molecule has 2 amide bonds. The second-order valence-corrected chi connectivity index (χ2v) is 5.52. The fourth-order valence-corrected chi connectivity index (χ4v) is 2.59. The molecular weight excluding hydrogens is 294 g/mol. The molecule has 2 heterocycles. The van der Waals surface area contributed by atoms with Gasteiger partial charge in [0, 0.05) is 23.8 Å². The second kappa shape index (κ2) is 7.11. The zero-order chi connectivity index (χ0) is 16.1. The summed E-state index contributed by atoms with van der Waals surface area (Å²) in [4.78, 5) is 24.1. The Morgan fingerprint density at radius 2 is 2.13 bits per heavy atom. The zero-order valence-corrected chi connectivity index (χ0v) is 12.7. The fraction of sp³-hybridized carbons (Fsp3) is 0.294. The first-order valence-electron chi connectivity index (χ1n) is 7.69. The van der Waals surface area contributed by atoms with Crippen molar-refractivity contribution in [2.24, 2.45) is 0 Å². The summed E-state index contributed by atoms with van der Waals surface area (Å²) in [6.45, 7) is 1.62. The van der Waals surface area contributed by atoms with Crippen LogP contribution in [0.4, 0.5) is 5.69 Å². The summed E-state index contributed by atoms with van der Waals surface area (Å²) in [7, 11) is 0. The molecule has 0 aliphatic carbocycles. The third-order valence-corrected chi connectivity index (χ3v) is 3.80. The molecule has 1 atom stereocenters. The Morgan fingerprint density at radius 3 is 2.87 bits per heavy atom. The average molecular weight is 313 g/mol. The smallest absolute Gasteiger partial charge is 0.291 e. The van der Waals surface area contributed by atoms with E-state index >= 15 is 0 Å². The molecule has 1 aromatic heterocycles. The van der Waals surface area contributed by atoms with E-state index in [4.69, 9.17) is 4.42 Å². The van der Waals surface area contributed by atoms with Gasteiger partial charge in [-0.3, -0.25) is 9.59 Å². The van der Waals surface area contributed by atoms with Crippen LogP contribution in [0.15, 0.2) is 47.1 Å². The maximum absolute atomic E-state index is 12.2. The van der Waals surface area contributed by atoms with E-state index in [1.54, 1.807) is 36.4 Å². The number of anilines is 1. The average Bonchev–Trinajstić information content (AvgIpc) is 3.26. The number of benzene rings is 1. The molecule has 3 rings (SSSR count). The monoisotopic (exact) mass is 313 g/mol. The van der Waals surface area contributed by atoms with Crippen LogP contribution in [0.25, 0.3) is 0 Å². The lowest BCUT2D eigenvalue weighted by Gasteiger charge is -2.12. The molecule has 1 fully saturated rings. The minimum absolute atomic E-state index is 0.146. The van der Waals surface area contributed by atoms with Crippen LogP contribution in [0.1, 0.15) is 33.8 Å². The van der Waals surface area contributed by atoms with Crippen LogP contribution < -0.4 is 16.0 Å². The molecule has 3 N–H and O–H groups in total. The Morgan fingerprint density at radius 1 is 1.22 bits per heavy atom. The molecule has 0 spiro atoms. The van der Waals surface area contributed by atoms with Crippen molar-refractivity contribution in [3.63, 3.8) is 0 Å². The SMILES string of the molecule is O=C(NCC1CCCN1)c1cccc(NC(=O)c2ccco2)c1. The van der Waals surface area contributed by atoms with Crippen molar-refractivity contribution < 1.29 is 14.0 Å². The molecule has 1 unspecified atom stereocenters. The number of hydrogen-bond donors (Lipinski definition) is 3. The lowest BCUT2D eigenvalue weighted by atomic mass is 10.1. The lowest BCUT2D eigenvalue weighted by Crippen LogP contribution is -2.37. The molecule has 120 valence electrons. The van der Waals surface area contributed by atoms with E-state index < -0.39 is 0 Å². The summed E-state index contributed by atoms with van der Waals surface area (Å²) in [6, 6.07) is 10.4. The van der Waals surface area contributed by atoms with Crippen LogP contribution in [0.2, 0.25) is 0 Å². The molecule has 1 aliphatic rings. The predicted molar refractivity (Wildman–Crippen MR) is 86.5 cm³/mol. The van der Waals surface area contributed by atoms with Crippen molar-refractivity contribution in [1.82, 2.24) is 10.6 Å².